The number of aliphatic hydroxyl groups is 4. The maximum Gasteiger partial charge on any atom is 0.0956 e. The van der Waals surface area contributed by atoms with Crippen molar-refractivity contribution < 1.29 is 20.4 Å². The maximum absolute atomic E-state index is 11.0. The molecular weight excluding hydrogens is 1150 g/mol. The minimum Gasteiger partial charge on any atom is -0.388 e. The summed E-state index contributed by atoms with van der Waals surface area (Å²) < 4.78 is 8.83. The van der Waals surface area contributed by atoms with E-state index in [2.05, 4.69) is 176 Å². The van der Waals surface area contributed by atoms with Gasteiger partial charge in [0.1, 0.15) is 0 Å². The van der Waals surface area contributed by atoms with Crippen LogP contribution in [0.2, 0.25) is 0 Å². The second kappa shape index (κ2) is 23.0. The number of nitrogens with zero attached hydrogens (tertiary/aromatic N) is 16. The number of rotatable bonds is 4. The summed E-state index contributed by atoms with van der Waals surface area (Å²) in [5.41, 5.74) is 22.7. The maximum atomic E-state index is 11.0. The van der Waals surface area contributed by atoms with Gasteiger partial charge < -0.3 is 38.7 Å². The van der Waals surface area contributed by atoms with Gasteiger partial charge in [-0.25, -0.2) is 19.9 Å². The summed E-state index contributed by atoms with van der Waals surface area (Å²) in [7, 11) is 0. The Bertz CT molecular complexity index is 4140. The summed E-state index contributed by atoms with van der Waals surface area (Å²) in [6.45, 7) is 0. The van der Waals surface area contributed by atoms with Gasteiger partial charge in [-0.15, -0.1) is 0 Å². The zero-order valence-corrected chi connectivity index (χ0v) is 50.0. The van der Waals surface area contributed by atoms with E-state index in [0.717, 1.165) is 119 Å². The fraction of sp³-hybridized carbons (Fsp3) is 0.278. The molecule has 20 nitrogen and oxygen atoms in total. The molecule has 20 rings (SSSR count). The minimum atomic E-state index is -0.527. The Balaban J connectivity index is 0.0000000939. The van der Waals surface area contributed by atoms with Gasteiger partial charge in [0.15, 0.2) is 0 Å². The van der Waals surface area contributed by atoms with Gasteiger partial charge in [0.2, 0.25) is 0 Å². The average Bonchev–Trinajstić information content (AvgIpc) is 1.62. The van der Waals surface area contributed by atoms with Gasteiger partial charge in [0, 0.05) is 68.2 Å². The molecule has 12 atom stereocenters. The third-order valence-corrected chi connectivity index (χ3v) is 21.0. The number of benzene rings is 4. The molecule has 0 radical (unpaired) electrons. The highest BCUT2D eigenvalue weighted by atomic mass is 16.3. The lowest BCUT2D eigenvalue weighted by Crippen LogP contribution is -2.28. The smallest absolute Gasteiger partial charge is 0.0956 e. The summed E-state index contributed by atoms with van der Waals surface area (Å²) in [6, 6.07) is 34.2. The second-order valence-electron chi connectivity index (χ2n) is 25.3. The number of aryl methyl sites for hydroxylation is 4. The van der Waals surface area contributed by atoms with Crippen LogP contribution in [-0.2, 0) is 25.7 Å². The van der Waals surface area contributed by atoms with Crippen LogP contribution in [0.4, 0.5) is 0 Å². The molecule has 4 aromatic carbocycles. The van der Waals surface area contributed by atoms with E-state index in [1.54, 1.807) is 49.6 Å². The van der Waals surface area contributed by atoms with Crippen molar-refractivity contribution in [1.29, 1.82) is 0 Å². The van der Waals surface area contributed by atoms with E-state index in [1.807, 2.05) is 50.1 Å². The van der Waals surface area contributed by atoms with Crippen molar-refractivity contribution in [3.63, 3.8) is 0 Å². The molecule has 8 aromatic heterocycles. The van der Waals surface area contributed by atoms with Crippen molar-refractivity contribution >= 4 is 0 Å². The molecule has 4 aliphatic heterocycles. The number of fused-ring (bicyclic) bond motifs is 16. The van der Waals surface area contributed by atoms with Gasteiger partial charge in [0.25, 0.3) is 0 Å². The van der Waals surface area contributed by atoms with E-state index in [-0.39, 0.29) is 47.8 Å². The standard InChI is InChI=1S/4C18H16N4O/c4*23-18-14(6-5-11-7-20-21-8-15(11)18)17-13-4-2-1-3-12(13)16-9-19-10-22(16)17/h4*1-4,7-10,14,17-18,23H,5-6H2/t2*14-,17+,18+;2*14-,17-,18-/m1010/s1. The van der Waals surface area contributed by atoms with Gasteiger partial charge in [-0.3, -0.25) is 0 Å². The summed E-state index contributed by atoms with van der Waals surface area (Å²) in [5, 5.41) is 75.5. The first kappa shape index (κ1) is 55.9. The van der Waals surface area contributed by atoms with Crippen molar-refractivity contribution in [2.24, 2.45) is 23.7 Å². The predicted octanol–water partition coefficient (Wildman–Crippen LogP) is 10.2. The van der Waals surface area contributed by atoms with Gasteiger partial charge in [-0.2, -0.15) is 40.8 Å². The molecule has 0 bridgehead atoms. The van der Waals surface area contributed by atoms with Crippen LogP contribution in [0.5, 0.6) is 0 Å². The molecule has 0 unspecified atom stereocenters. The topological polar surface area (TPSA) is 255 Å². The molecule has 12 heterocycles. The van der Waals surface area contributed by atoms with E-state index in [4.69, 9.17) is 0 Å². The number of hydrogen-bond donors (Lipinski definition) is 4. The van der Waals surface area contributed by atoms with Crippen LogP contribution in [0, 0.1) is 23.7 Å². The third kappa shape index (κ3) is 9.09. The highest BCUT2D eigenvalue weighted by Gasteiger charge is 2.45. The Hall–Kier alpha value is -10.1. The van der Waals surface area contributed by atoms with Gasteiger partial charge in [-0.05, 0) is 95.9 Å². The lowest BCUT2D eigenvalue weighted by atomic mass is 9.77. The van der Waals surface area contributed by atoms with E-state index in [0.29, 0.717) is 0 Å². The van der Waals surface area contributed by atoms with Crippen molar-refractivity contribution in [2.45, 2.75) is 99.9 Å². The molecule has 12 aromatic rings. The number of hydrogen-bond acceptors (Lipinski definition) is 16. The van der Waals surface area contributed by atoms with Gasteiger partial charge in [-0.1, -0.05) is 97.1 Å². The van der Waals surface area contributed by atoms with Crippen LogP contribution >= 0.6 is 0 Å². The lowest BCUT2D eigenvalue weighted by molar-refractivity contribution is 0.0712. The second-order valence-corrected chi connectivity index (χ2v) is 25.3. The summed E-state index contributed by atoms with van der Waals surface area (Å²) in [5.74, 6) is 0.457. The summed E-state index contributed by atoms with van der Waals surface area (Å²) in [6.07, 6.45) is 34.4. The molecule has 4 N–H and O–H groups in total. The SMILES string of the molecule is O[C@@H]1c2cnncc2CC[C@@H]1[C@@H]1c2ccccc2-c2cncn21.O[C@@H]1c2cnncc2CC[C@H]1[C@@H]1c2ccccc2-c2cncn21.O[C@H]1c2cnncc2CC[C@@H]1[C@H]1c2ccccc2-c2cncn21.O[C@H]1c2cnncc2CC[C@H]1[C@H]1c2ccccc2-c2cncn21. The Kier molecular flexibility index (Phi) is 14.0. The van der Waals surface area contributed by atoms with Crippen LogP contribution in [0.15, 0.2) is 197 Å². The quantitative estimate of drug-likeness (QED) is 0.128. The van der Waals surface area contributed by atoms with Crippen LogP contribution in [0.3, 0.4) is 0 Å². The zero-order valence-electron chi connectivity index (χ0n) is 50.0. The number of imidazole rings is 4. The molecule has 0 saturated heterocycles. The molecule has 8 aliphatic rings. The largest absolute Gasteiger partial charge is 0.388 e. The molecule has 20 heteroatoms. The number of aromatic nitrogens is 16. The van der Waals surface area contributed by atoms with Crippen LogP contribution in [0.1, 0.15) is 141 Å². The van der Waals surface area contributed by atoms with Crippen molar-refractivity contribution in [3.8, 4) is 45.0 Å². The first-order chi connectivity index (χ1) is 45.4. The molecule has 92 heavy (non-hydrogen) atoms. The van der Waals surface area contributed by atoms with Crippen molar-refractivity contribution in [2.75, 3.05) is 0 Å². The minimum absolute atomic E-state index is 0.114. The first-order valence-electron chi connectivity index (χ1n) is 31.7. The zero-order chi connectivity index (χ0) is 61.6. The van der Waals surface area contributed by atoms with Crippen molar-refractivity contribution in [3.05, 3.63) is 263 Å². The van der Waals surface area contributed by atoms with Crippen LogP contribution < -0.4 is 0 Å². The average molecular weight is 1220 g/mol. The molecule has 0 saturated carbocycles. The Morgan fingerprint density at radius 2 is 0.478 bits per heavy atom. The van der Waals surface area contributed by atoms with Gasteiger partial charge in [0.05, 0.1) is 171 Å². The van der Waals surface area contributed by atoms with Crippen LogP contribution in [0.25, 0.3) is 45.0 Å². The molecule has 0 amide bonds. The first-order valence-corrected chi connectivity index (χ1v) is 31.7. The summed E-state index contributed by atoms with van der Waals surface area (Å²) in [4.78, 5) is 17.3. The van der Waals surface area contributed by atoms with Crippen molar-refractivity contribution in [1.82, 2.24) is 79.0 Å². The predicted molar refractivity (Wildman–Crippen MR) is 338 cm³/mol. The lowest BCUT2D eigenvalue weighted by Gasteiger charge is -2.34. The van der Waals surface area contributed by atoms with Crippen LogP contribution in [-0.4, -0.2) is 99.4 Å². The monoisotopic (exact) mass is 1220 g/mol. The molecule has 4 aliphatic carbocycles. The molecule has 456 valence electrons. The fourth-order valence-electron chi connectivity index (χ4n) is 16.7. The van der Waals surface area contributed by atoms with E-state index in [1.165, 1.54) is 44.5 Å². The fourth-order valence-corrected chi connectivity index (χ4v) is 16.7. The molecule has 0 spiro atoms. The molecular formula is C72H64N16O4. The highest BCUT2D eigenvalue weighted by molar-refractivity contribution is 5.72. The summed E-state index contributed by atoms with van der Waals surface area (Å²) >= 11 is 0. The Labute approximate surface area is 529 Å². The van der Waals surface area contributed by atoms with E-state index >= 15 is 0 Å². The normalized spacial score (nSPS) is 24.8. The van der Waals surface area contributed by atoms with Gasteiger partial charge >= 0.3 is 0 Å². The Morgan fingerprint density at radius 3 is 0.717 bits per heavy atom. The third-order valence-electron chi connectivity index (χ3n) is 21.0. The molecule has 0 fully saturated rings. The number of aliphatic hydroxyl groups excluding tert-OH is 4. The van der Waals surface area contributed by atoms with E-state index in [9.17, 15) is 20.4 Å². The van der Waals surface area contributed by atoms with E-state index < -0.39 is 24.4 Å². The Morgan fingerprint density at radius 1 is 0.261 bits per heavy atom. The highest BCUT2D eigenvalue weighted by Crippen LogP contribution is 2.54.